The van der Waals surface area contributed by atoms with Gasteiger partial charge in [0.1, 0.15) is 0 Å². The standard InChI is InChI=1S/C27H26N2O3S/c1-18-6-4-7-19(14-18)17-29-23-15-20(26(30)28-16-21-8-5-13-32-21)11-12-25(23)33-24-10-3-2-9-22(24)27(29)31/h2-4,6-7,9-12,14-15,21H,5,8,13,16-17H2,1H3,(H,28,30)/t21-/m0/s1. The van der Waals surface area contributed by atoms with Gasteiger partial charge in [0, 0.05) is 28.5 Å². The first-order valence-corrected chi connectivity index (χ1v) is 12.1. The summed E-state index contributed by atoms with van der Waals surface area (Å²) in [7, 11) is 0. The van der Waals surface area contributed by atoms with E-state index in [-0.39, 0.29) is 17.9 Å². The summed E-state index contributed by atoms with van der Waals surface area (Å²) >= 11 is 1.56. The van der Waals surface area contributed by atoms with Crippen molar-refractivity contribution < 1.29 is 14.3 Å². The number of nitrogens with one attached hydrogen (secondary N) is 1. The number of amides is 2. The van der Waals surface area contributed by atoms with Crippen LogP contribution in [0.3, 0.4) is 0 Å². The molecule has 0 aliphatic carbocycles. The minimum Gasteiger partial charge on any atom is -0.376 e. The Balaban J connectivity index is 1.49. The number of nitrogens with zero attached hydrogens (tertiary/aromatic N) is 1. The van der Waals surface area contributed by atoms with Crippen LogP contribution in [0.1, 0.15) is 44.7 Å². The average molecular weight is 459 g/mol. The van der Waals surface area contributed by atoms with E-state index >= 15 is 0 Å². The number of hydrogen-bond donors (Lipinski definition) is 1. The van der Waals surface area contributed by atoms with Gasteiger partial charge in [0.2, 0.25) is 0 Å². The molecule has 168 valence electrons. The molecule has 2 aliphatic rings. The number of rotatable bonds is 5. The molecule has 0 aromatic heterocycles. The number of anilines is 1. The van der Waals surface area contributed by atoms with E-state index in [1.165, 1.54) is 0 Å². The van der Waals surface area contributed by atoms with E-state index in [2.05, 4.69) is 11.4 Å². The van der Waals surface area contributed by atoms with Gasteiger partial charge in [-0.1, -0.05) is 53.7 Å². The molecule has 5 rings (SSSR count). The number of hydrogen-bond acceptors (Lipinski definition) is 4. The van der Waals surface area contributed by atoms with Gasteiger partial charge in [-0.3, -0.25) is 9.59 Å². The molecule has 2 aliphatic heterocycles. The van der Waals surface area contributed by atoms with E-state index in [0.29, 0.717) is 24.2 Å². The normalized spacial score (nSPS) is 17.3. The van der Waals surface area contributed by atoms with Gasteiger partial charge >= 0.3 is 0 Å². The van der Waals surface area contributed by atoms with Gasteiger partial charge in [0.05, 0.1) is 23.9 Å². The molecule has 5 nitrogen and oxygen atoms in total. The van der Waals surface area contributed by atoms with Crippen molar-refractivity contribution in [1.82, 2.24) is 5.32 Å². The van der Waals surface area contributed by atoms with Crippen LogP contribution < -0.4 is 10.2 Å². The molecule has 3 aromatic rings. The second-order valence-electron chi connectivity index (χ2n) is 8.51. The van der Waals surface area contributed by atoms with Crippen molar-refractivity contribution in [2.45, 2.75) is 42.2 Å². The molecule has 3 aromatic carbocycles. The highest BCUT2D eigenvalue weighted by Gasteiger charge is 2.28. The van der Waals surface area contributed by atoms with Gasteiger partial charge in [-0.25, -0.2) is 0 Å². The van der Waals surface area contributed by atoms with Gasteiger partial charge in [0.25, 0.3) is 11.8 Å². The minimum absolute atomic E-state index is 0.0599. The van der Waals surface area contributed by atoms with E-state index in [1.807, 2.05) is 67.6 Å². The maximum Gasteiger partial charge on any atom is 0.259 e. The van der Waals surface area contributed by atoms with E-state index in [4.69, 9.17) is 4.74 Å². The molecule has 0 saturated carbocycles. The third-order valence-corrected chi connectivity index (χ3v) is 7.17. The molecule has 2 heterocycles. The van der Waals surface area contributed by atoms with Crippen LogP contribution in [0.25, 0.3) is 0 Å². The Hall–Kier alpha value is -3.09. The molecule has 1 N–H and O–H groups in total. The largest absolute Gasteiger partial charge is 0.376 e. The maximum atomic E-state index is 13.7. The van der Waals surface area contributed by atoms with Crippen LogP contribution in [0.5, 0.6) is 0 Å². The van der Waals surface area contributed by atoms with Crippen molar-refractivity contribution in [2.75, 3.05) is 18.1 Å². The van der Waals surface area contributed by atoms with Gasteiger partial charge in [-0.05, 0) is 55.7 Å². The Morgan fingerprint density at radius 3 is 2.79 bits per heavy atom. The number of fused-ring (bicyclic) bond motifs is 2. The second kappa shape index (κ2) is 9.41. The van der Waals surface area contributed by atoms with Gasteiger partial charge < -0.3 is 15.0 Å². The molecule has 6 heteroatoms. The van der Waals surface area contributed by atoms with Crippen LogP contribution in [-0.2, 0) is 11.3 Å². The molecule has 33 heavy (non-hydrogen) atoms. The van der Waals surface area contributed by atoms with E-state index in [1.54, 1.807) is 16.7 Å². The van der Waals surface area contributed by atoms with Crippen molar-refractivity contribution in [2.24, 2.45) is 0 Å². The molecule has 1 fully saturated rings. The number of ether oxygens (including phenoxy) is 1. The number of aryl methyl sites for hydroxylation is 1. The highest BCUT2D eigenvalue weighted by molar-refractivity contribution is 7.99. The minimum atomic E-state index is -0.150. The Bertz CT molecular complexity index is 1200. The lowest BCUT2D eigenvalue weighted by atomic mass is 10.1. The highest BCUT2D eigenvalue weighted by atomic mass is 32.2. The average Bonchev–Trinajstić information content (AvgIpc) is 3.31. The summed E-state index contributed by atoms with van der Waals surface area (Å²) in [4.78, 5) is 30.2. The van der Waals surface area contributed by atoms with Gasteiger partial charge in [-0.2, -0.15) is 0 Å². The third-order valence-electron chi connectivity index (χ3n) is 6.03. The number of carbonyl (C=O) groups excluding carboxylic acids is 2. The smallest absolute Gasteiger partial charge is 0.259 e. The molecule has 0 bridgehead atoms. The van der Waals surface area contributed by atoms with Crippen LogP contribution in [0.4, 0.5) is 5.69 Å². The topological polar surface area (TPSA) is 58.6 Å². The van der Waals surface area contributed by atoms with Crippen molar-refractivity contribution in [3.63, 3.8) is 0 Å². The lowest BCUT2D eigenvalue weighted by Crippen LogP contribution is -2.33. The fraction of sp³-hybridized carbons (Fsp3) is 0.259. The third kappa shape index (κ3) is 4.68. The molecule has 2 amide bonds. The number of carbonyl (C=O) groups is 2. The molecule has 0 radical (unpaired) electrons. The summed E-state index contributed by atoms with van der Waals surface area (Å²) in [6.45, 7) is 3.74. The predicted molar refractivity (Wildman–Crippen MR) is 130 cm³/mol. The first kappa shape index (κ1) is 21.7. The van der Waals surface area contributed by atoms with Crippen LogP contribution in [0.15, 0.2) is 76.5 Å². The maximum absolute atomic E-state index is 13.7. The quantitative estimate of drug-likeness (QED) is 0.570. The lowest BCUT2D eigenvalue weighted by Gasteiger charge is -2.24. The monoisotopic (exact) mass is 458 g/mol. The zero-order valence-electron chi connectivity index (χ0n) is 18.5. The fourth-order valence-electron chi connectivity index (χ4n) is 4.33. The predicted octanol–water partition coefficient (Wildman–Crippen LogP) is 5.22. The van der Waals surface area contributed by atoms with Crippen molar-refractivity contribution in [1.29, 1.82) is 0 Å². The summed E-state index contributed by atoms with van der Waals surface area (Å²) in [6, 6.07) is 21.5. The highest BCUT2D eigenvalue weighted by Crippen LogP contribution is 2.42. The Morgan fingerprint density at radius 1 is 1.09 bits per heavy atom. The lowest BCUT2D eigenvalue weighted by molar-refractivity contribution is 0.0857. The first-order valence-electron chi connectivity index (χ1n) is 11.3. The fourth-order valence-corrected chi connectivity index (χ4v) is 5.38. The molecular formula is C27H26N2O3S. The van der Waals surface area contributed by atoms with E-state index < -0.39 is 0 Å². The molecule has 1 atom stereocenters. The van der Waals surface area contributed by atoms with Crippen molar-refractivity contribution in [3.05, 3.63) is 89.0 Å². The van der Waals surface area contributed by atoms with Gasteiger partial charge in [-0.15, -0.1) is 0 Å². The van der Waals surface area contributed by atoms with Crippen molar-refractivity contribution >= 4 is 29.3 Å². The summed E-state index contributed by atoms with van der Waals surface area (Å²) in [5.74, 6) is -0.210. The summed E-state index contributed by atoms with van der Waals surface area (Å²) < 4.78 is 5.62. The van der Waals surface area contributed by atoms with E-state index in [0.717, 1.165) is 46.1 Å². The second-order valence-corrected chi connectivity index (χ2v) is 9.59. The first-order chi connectivity index (χ1) is 16.1. The van der Waals surface area contributed by atoms with Crippen LogP contribution in [-0.4, -0.2) is 31.1 Å². The summed E-state index contributed by atoms with van der Waals surface area (Å²) in [5.41, 5.74) is 4.17. The van der Waals surface area contributed by atoms with Crippen LogP contribution in [0, 0.1) is 6.92 Å². The van der Waals surface area contributed by atoms with E-state index in [9.17, 15) is 9.59 Å². The Labute approximate surface area is 198 Å². The molecule has 1 saturated heterocycles. The van der Waals surface area contributed by atoms with Gasteiger partial charge in [0.15, 0.2) is 0 Å². The summed E-state index contributed by atoms with van der Waals surface area (Å²) in [6.07, 6.45) is 2.09. The molecular weight excluding hydrogens is 432 g/mol. The number of benzene rings is 3. The Morgan fingerprint density at radius 2 is 1.97 bits per heavy atom. The Kier molecular flexibility index (Phi) is 6.20. The summed E-state index contributed by atoms with van der Waals surface area (Å²) in [5, 5.41) is 2.99. The zero-order chi connectivity index (χ0) is 22.8. The van der Waals surface area contributed by atoms with Crippen molar-refractivity contribution in [3.8, 4) is 0 Å². The molecule has 0 unspecified atom stereocenters. The zero-order valence-corrected chi connectivity index (χ0v) is 19.4. The van der Waals surface area contributed by atoms with Crippen LogP contribution >= 0.6 is 11.8 Å². The SMILES string of the molecule is Cc1cccc(CN2C(=O)c3ccccc3Sc3ccc(C(=O)NC[C@@H]4CCCO4)cc32)c1. The van der Waals surface area contributed by atoms with Crippen LogP contribution in [0.2, 0.25) is 0 Å². The molecule has 0 spiro atoms.